The molecule has 2 heterocycles. The van der Waals surface area contributed by atoms with E-state index in [1.54, 1.807) is 0 Å². The van der Waals surface area contributed by atoms with Crippen LogP contribution in [0.5, 0.6) is 0 Å². The van der Waals surface area contributed by atoms with Crippen molar-refractivity contribution in [1.29, 1.82) is 0 Å². The number of likely N-dealkylation sites (tertiary alicyclic amines) is 1. The summed E-state index contributed by atoms with van der Waals surface area (Å²) in [5.41, 5.74) is 1.35. The molecule has 0 radical (unpaired) electrons. The quantitative estimate of drug-likeness (QED) is 0.825. The Labute approximate surface area is 175 Å². The van der Waals surface area contributed by atoms with E-state index in [2.05, 4.69) is 40.5 Å². The minimum Gasteiger partial charge on any atom is -0.379 e. The first kappa shape index (κ1) is 20.8. The minimum absolute atomic E-state index is 0.174. The number of nitrogens with one attached hydrogen (secondary N) is 1. The average molecular weight is 401 g/mol. The van der Waals surface area contributed by atoms with E-state index in [1.165, 1.54) is 24.8 Å². The van der Waals surface area contributed by atoms with Crippen molar-refractivity contribution in [2.75, 3.05) is 46.1 Å². The molecule has 2 aliphatic heterocycles. The SMILES string of the molecule is O=C(N[C@H]1CN(CC2COCCOC2)CC[C@H]1c1ccccc1)C1CCCCC1. The zero-order valence-electron chi connectivity index (χ0n) is 17.6. The van der Waals surface area contributed by atoms with Crippen molar-refractivity contribution in [3.8, 4) is 0 Å². The van der Waals surface area contributed by atoms with E-state index in [4.69, 9.17) is 9.47 Å². The summed E-state index contributed by atoms with van der Waals surface area (Å²) in [5.74, 6) is 1.29. The van der Waals surface area contributed by atoms with E-state index in [0.29, 0.717) is 25.0 Å². The molecule has 1 aromatic rings. The van der Waals surface area contributed by atoms with Crippen molar-refractivity contribution < 1.29 is 14.3 Å². The Hall–Kier alpha value is -1.43. The third kappa shape index (κ3) is 5.80. The van der Waals surface area contributed by atoms with Crippen LogP contribution in [0.4, 0.5) is 0 Å². The van der Waals surface area contributed by atoms with Crippen molar-refractivity contribution in [3.05, 3.63) is 35.9 Å². The van der Waals surface area contributed by atoms with Gasteiger partial charge < -0.3 is 19.7 Å². The van der Waals surface area contributed by atoms with Gasteiger partial charge in [0.2, 0.25) is 5.91 Å². The fourth-order valence-corrected chi connectivity index (χ4v) is 5.23. The molecule has 160 valence electrons. The summed E-state index contributed by atoms with van der Waals surface area (Å²) in [6, 6.07) is 10.9. The maximum absolute atomic E-state index is 13.0. The number of hydrogen-bond donors (Lipinski definition) is 1. The lowest BCUT2D eigenvalue weighted by Crippen LogP contribution is -2.54. The van der Waals surface area contributed by atoms with Gasteiger partial charge in [-0.1, -0.05) is 49.6 Å². The first-order valence-corrected chi connectivity index (χ1v) is 11.5. The van der Waals surface area contributed by atoms with Gasteiger partial charge in [0.15, 0.2) is 0 Å². The summed E-state index contributed by atoms with van der Waals surface area (Å²) in [5, 5.41) is 3.47. The molecular formula is C24H36N2O3. The van der Waals surface area contributed by atoms with E-state index in [9.17, 15) is 4.79 Å². The molecule has 5 nitrogen and oxygen atoms in total. The number of ether oxygens (including phenoxy) is 2. The Bertz CT molecular complexity index is 624. The average Bonchev–Trinajstić information content (AvgIpc) is 3.04. The molecule has 0 bridgehead atoms. The summed E-state index contributed by atoms with van der Waals surface area (Å²) in [6.45, 7) is 5.91. The van der Waals surface area contributed by atoms with Gasteiger partial charge in [-0.05, 0) is 31.4 Å². The summed E-state index contributed by atoms with van der Waals surface area (Å²) in [6.07, 6.45) is 6.84. The molecule has 1 aromatic carbocycles. The van der Waals surface area contributed by atoms with Crippen molar-refractivity contribution >= 4 is 5.91 Å². The van der Waals surface area contributed by atoms with E-state index >= 15 is 0 Å². The molecule has 4 rings (SSSR count). The van der Waals surface area contributed by atoms with Gasteiger partial charge in [0.25, 0.3) is 0 Å². The first-order valence-electron chi connectivity index (χ1n) is 11.5. The Kier molecular flexibility index (Phi) is 7.58. The van der Waals surface area contributed by atoms with Crippen LogP contribution in [0.1, 0.15) is 50.0 Å². The van der Waals surface area contributed by atoms with Crippen molar-refractivity contribution in [2.24, 2.45) is 11.8 Å². The van der Waals surface area contributed by atoms with Crippen LogP contribution in [0.2, 0.25) is 0 Å². The Morgan fingerprint density at radius 2 is 1.72 bits per heavy atom. The number of carbonyl (C=O) groups is 1. The van der Waals surface area contributed by atoms with E-state index in [0.717, 1.165) is 52.1 Å². The predicted molar refractivity (Wildman–Crippen MR) is 114 cm³/mol. The van der Waals surface area contributed by atoms with Crippen molar-refractivity contribution in [3.63, 3.8) is 0 Å². The number of piperidine rings is 1. The number of hydrogen-bond acceptors (Lipinski definition) is 4. The molecule has 0 spiro atoms. The lowest BCUT2D eigenvalue weighted by molar-refractivity contribution is -0.127. The Balaban J connectivity index is 1.42. The van der Waals surface area contributed by atoms with Crippen LogP contribution in [0.15, 0.2) is 30.3 Å². The molecule has 1 aliphatic carbocycles. The number of benzene rings is 1. The van der Waals surface area contributed by atoms with Gasteiger partial charge >= 0.3 is 0 Å². The second-order valence-corrected chi connectivity index (χ2v) is 9.03. The fourth-order valence-electron chi connectivity index (χ4n) is 5.23. The highest BCUT2D eigenvalue weighted by Crippen LogP contribution is 2.30. The van der Waals surface area contributed by atoms with Crippen LogP contribution in [0, 0.1) is 11.8 Å². The second kappa shape index (κ2) is 10.6. The third-order valence-electron chi connectivity index (χ3n) is 6.82. The van der Waals surface area contributed by atoms with Crippen LogP contribution in [-0.2, 0) is 14.3 Å². The van der Waals surface area contributed by atoms with E-state index < -0.39 is 0 Å². The summed E-state index contributed by atoms with van der Waals surface area (Å²) in [4.78, 5) is 15.5. The lowest BCUT2D eigenvalue weighted by atomic mass is 9.83. The number of carbonyl (C=O) groups excluding carboxylic acids is 1. The molecule has 1 saturated carbocycles. The van der Waals surface area contributed by atoms with E-state index in [-0.39, 0.29) is 17.9 Å². The Morgan fingerprint density at radius 1 is 1.00 bits per heavy atom. The highest BCUT2D eigenvalue weighted by atomic mass is 16.5. The zero-order valence-corrected chi connectivity index (χ0v) is 17.6. The first-order chi connectivity index (χ1) is 14.3. The van der Waals surface area contributed by atoms with Crippen LogP contribution in [-0.4, -0.2) is 62.9 Å². The van der Waals surface area contributed by atoms with Crippen LogP contribution in [0.25, 0.3) is 0 Å². The summed E-state index contributed by atoms with van der Waals surface area (Å²) < 4.78 is 11.4. The number of rotatable bonds is 5. The van der Waals surface area contributed by atoms with Crippen molar-refractivity contribution in [1.82, 2.24) is 10.2 Å². The normalized spacial score (nSPS) is 28.0. The van der Waals surface area contributed by atoms with Gasteiger partial charge in [-0.15, -0.1) is 0 Å². The largest absolute Gasteiger partial charge is 0.379 e. The maximum Gasteiger partial charge on any atom is 0.223 e. The molecule has 3 fully saturated rings. The van der Waals surface area contributed by atoms with Gasteiger partial charge in [-0.3, -0.25) is 4.79 Å². The standard InChI is InChI=1S/C24H36N2O3/c27-24(21-9-5-2-6-10-21)25-23-16-26(15-19-17-28-13-14-29-18-19)12-11-22(23)20-7-3-1-4-8-20/h1,3-4,7-8,19,21-23H,2,5-6,9-18H2,(H,25,27)/t22-,23-/m0/s1. The van der Waals surface area contributed by atoms with Gasteiger partial charge in [0.05, 0.1) is 26.4 Å². The van der Waals surface area contributed by atoms with E-state index in [1.807, 2.05) is 0 Å². The summed E-state index contributed by atoms with van der Waals surface area (Å²) >= 11 is 0. The molecule has 1 N–H and O–H groups in total. The van der Waals surface area contributed by atoms with Crippen LogP contribution in [0.3, 0.4) is 0 Å². The highest BCUT2D eigenvalue weighted by Gasteiger charge is 2.34. The third-order valence-corrected chi connectivity index (χ3v) is 6.82. The second-order valence-electron chi connectivity index (χ2n) is 9.03. The topological polar surface area (TPSA) is 50.8 Å². The molecule has 2 saturated heterocycles. The molecular weight excluding hydrogens is 364 g/mol. The Morgan fingerprint density at radius 3 is 2.45 bits per heavy atom. The van der Waals surface area contributed by atoms with Crippen LogP contribution >= 0.6 is 0 Å². The minimum atomic E-state index is 0.174. The smallest absolute Gasteiger partial charge is 0.223 e. The molecule has 0 aromatic heterocycles. The molecule has 3 aliphatic rings. The fraction of sp³-hybridized carbons (Fsp3) is 0.708. The molecule has 5 heteroatoms. The van der Waals surface area contributed by atoms with Crippen LogP contribution < -0.4 is 5.32 Å². The summed E-state index contributed by atoms with van der Waals surface area (Å²) in [7, 11) is 0. The monoisotopic (exact) mass is 400 g/mol. The number of nitrogens with zero attached hydrogens (tertiary/aromatic N) is 1. The van der Waals surface area contributed by atoms with Gasteiger partial charge in [-0.25, -0.2) is 0 Å². The van der Waals surface area contributed by atoms with Gasteiger partial charge in [0, 0.05) is 36.9 Å². The number of amides is 1. The van der Waals surface area contributed by atoms with Crippen molar-refractivity contribution in [2.45, 2.75) is 50.5 Å². The highest BCUT2D eigenvalue weighted by molar-refractivity contribution is 5.79. The molecule has 0 unspecified atom stereocenters. The predicted octanol–water partition coefficient (Wildman–Crippen LogP) is 3.20. The molecule has 2 atom stereocenters. The zero-order chi connectivity index (χ0) is 19.9. The molecule has 29 heavy (non-hydrogen) atoms. The van der Waals surface area contributed by atoms with Gasteiger partial charge in [0.1, 0.15) is 0 Å². The molecule has 1 amide bonds. The maximum atomic E-state index is 13.0. The lowest BCUT2D eigenvalue weighted by Gasteiger charge is -2.41. The van der Waals surface area contributed by atoms with Gasteiger partial charge in [-0.2, -0.15) is 0 Å².